The van der Waals surface area contributed by atoms with Crippen LogP contribution in [0.1, 0.15) is 11.3 Å². The number of hydrogen-bond acceptors (Lipinski definition) is 3. The zero-order valence-electron chi connectivity index (χ0n) is 12.1. The van der Waals surface area contributed by atoms with Crippen LogP contribution in [0.5, 0.6) is 5.75 Å². The number of halogens is 1. The summed E-state index contributed by atoms with van der Waals surface area (Å²) in [5, 5.41) is 4.18. The molecule has 0 aliphatic carbocycles. The molecule has 0 radical (unpaired) electrons. The lowest BCUT2D eigenvalue weighted by molar-refractivity contribution is 0.237. The summed E-state index contributed by atoms with van der Waals surface area (Å²) in [5.74, 6) is 0.845. The normalized spacial score (nSPS) is 12.7. The van der Waals surface area contributed by atoms with E-state index in [1.807, 2.05) is 61.2 Å². The highest BCUT2D eigenvalue weighted by atomic mass is 35.5. The molecular weight excluding hydrogens is 274 g/mol. The standard InChI is InChI=1S/C15H20ClN3O/c1-18(2)15(16)11-20-14-6-4-5-12(10-14)9-13-7-8-17-19(13)3/h4-8,10,15H,9,11H2,1-3H3. The largest absolute Gasteiger partial charge is 0.491 e. The van der Waals surface area contributed by atoms with E-state index in [4.69, 9.17) is 16.3 Å². The highest BCUT2D eigenvalue weighted by Gasteiger charge is 2.08. The lowest BCUT2D eigenvalue weighted by Gasteiger charge is -2.18. The maximum absolute atomic E-state index is 6.13. The van der Waals surface area contributed by atoms with Crippen molar-refractivity contribution in [3.63, 3.8) is 0 Å². The monoisotopic (exact) mass is 293 g/mol. The minimum atomic E-state index is -0.129. The molecule has 1 aromatic heterocycles. The van der Waals surface area contributed by atoms with Crippen molar-refractivity contribution in [1.82, 2.24) is 14.7 Å². The third kappa shape index (κ3) is 3.99. The third-order valence-corrected chi connectivity index (χ3v) is 3.67. The Morgan fingerprint density at radius 2 is 2.15 bits per heavy atom. The van der Waals surface area contributed by atoms with Crippen molar-refractivity contribution < 1.29 is 4.74 Å². The van der Waals surface area contributed by atoms with Gasteiger partial charge in [-0.05, 0) is 37.9 Å². The van der Waals surface area contributed by atoms with Crippen molar-refractivity contribution in [2.45, 2.75) is 11.9 Å². The molecule has 0 spiro atoms. The number of aromatic nitrogens is 2. The van der Waals surface area contributed by atoms with Crippen LogP contribution in [0.4, 0.5) is 0 Å². The number of nitrogens with zero attached hydrogens (tertiary/aromatic N) is 3. The molecule has 4 nitrogen and oxygen atoms in total. The first kappa shape index (κ1) is 14.9. The van der Waals surface area contributed by atoms with Crippen LogP contribution in [-0.4, -0.2) is 40.9 Å². The molecule has 0 saturated heterocycles. The summed E-state index contributed by atoms with van der Waals surface area (Å²) in [6.07, 6.45) is 2.65. The van der Waals surface area contributed by atoms with E-state index >= 15 is 0 Å². The first-order valence-electron chi connectivity index (χ1n) is 6.55. The zero-order chi connectivity index (χ0) is 14.5. The Kier molecular flexibility index (Phi) is 5.04. The molecule has 1 unspecified atom stereocenters. The Labute approximate surface area is 124 Å². The van der Waals surface area contributed by atoms with Gasteiger partial charge in [-0.3, -0.25) is 9.58 Å². The lowest BCUT2D eigenvalue weighted by atomic mass is 10.1. The Morgan fingerprint density at radius 3 is 2.80 bits per heavy atom. The maximum Gasteiger partial charge on any atom is 0.119 e. The van der Waals surface area contributed by atoms with Crippen LogP contribution >= 0.6 is 11.6 Å². The van der Waals surface area contributed by atoms with Crippen LogP contribution in [-0.2, 0) is 13.5 Å². The molecule has 1 heterocycles. The summed E-state index contributed by atoms with van der Waals surface area (Å²) in [6.45, 7) is 0.462. The van der Waals surface area contributed by atoms with Crippen LogP contribution in [0.15, 0.2) is 36.5 Å². The predicted molar refractivity (Wildman–Crippen MR) is 81.3 cm³/mol. The van der Waals surface area contributed by atoms with E-state index in [1.165, 1.54) is 11.3 Å². The molecule has 0 aliphatic heterocycles. The lowest BCUT2D eigenvalue weighted by Crippen LogP contribution is -2.28. The molecule has 5 heteroatoms. The smallest absolute Gasteiger partial charge is 0.119 e. The van der Waals surface area contributed by atoms with Crippen LogP contribution < -0.4 is 4.74 Å². The first-order chi connectivity index (χ1) is 9.56. The van der Waals surface area contributed by atoms with Gasteiger partial charge >= 0.3 is 0 Å². The molecule has 20 heavy (non-hydrogen) atoms. The van der Waals surface area contributed by atoms with Gasteiger partial charge in [0.05, 0.1) is 0 Å². The third-order valence-electron chi connectivity index (χ3n) is 3.15. The van der Waals surface area contributed by atoms with Crippen LogP contribution in [0.2, 0.25) is 0 Å². The summed E-state index contributed by atoms with van der Waals surface area (Å²) < 4.78 is 7.61. The summed E-state index contributed by atoms with van der Waals surface area (Å²) in [4.78, 5) is 1.92. The molecule has 0 N–H and O–H groups in total. The second-order valence-electron chi connectivity index (χ2n) is 4.98. The zero-order valence-corrected chi connectivity index (χ0v) is 12.8. The number of hydrogen-bond donors (Lipinski definition) is 0. The molecular formula is C15H20ClN3O. The highest BCUT2D eigenvalue weighted by molar-refractivity contribution is 6.20. The van der Waals surface area contributed by atoms with E-state index < -0.39 is 0 Å². The quantitative estimate of drug-likeness (QED) is 0.606. The second kappa shape index (κ2) is 6.77. The van der Waals surface area contributed by atoms with Gasteiger partial charge in [0.25, 0.3) is 0 Å². The van der Waals surface area contributed by atoms with Crippen molar-refractivity contribution in [3.05, 3.63) is 47.8 Å². The van der Waals surface area contributed by atoms with Gasteiger partial charge in [-0.15, -0.1) is 11.6 Å². The Balaban J connectivity index is 1.99. The minimum absolute atomic E-state index is 0.129. The second-order valence-corrected chi connectivity index (χ2v) is 5.48. The van der Waals surface area contributed by atoms with Crippen molar-refractivity contribution in [3.8, 4) is 5.75 Å². The van der Waals surface area contributed by atoms with E-state index in [1.54, 1.807) is 0 Å². The average Bonchev–Trinajstić information content (AvgIpc) is 2.82. The minimum Gasteiger partial charge on any atom is -0.491 e. The summed E-state index contributed by atoms with van der Waals surface area (Å²) >= 11 is 6.13. The van der Waals surface area contributed by atoms with E-state index in [-0.39, 0.29) is 5.50 Å². The summed E-state index contributed by atoms with van der Waals surface area (Å²) in [7, 11) is 5.81. The van der Waals surface area contributed by atoms with Gasteiger partial charge in [0.1, 0.15) is 17.9 Å². The van der Waals surface area contributed by atoms with Gasteiger partial charge in [-0.1, -0.05) is 12.1 Å². The number of rotatable bonds is 6. The fourth-order valence-electron chi connectivity index (χ4n) is 1.84. The molecule has 0 aliphatic rings. The molecule has 0 saturated carbocycles. The molecule has 0 bridgehead atoms. The topological polar surface area (TPSA) is 30.3 Å². The Hall–Kier alpha value is -1.52. The van der Waals surface area contributed by atoms with Crippen molar-refractivity contribution in [2.75, 3.05) is 20.7 Å². The summed E-state index contributed by atoms with van der Waals surface area (Å²) in [5.41, 5.74) is 2.24. The van der Waals surface area contributed by atoms with Gasteiger partial charge in [0, 0.05) is 25.4 Å². The fraction of sp³-hybridized carbons (Fsp3) is 0.400. The van der Waals surface area contributed by atoms with Crippen LogP contribution in [0, 0.1) is 0 Å². The van der Waals surface area contributed by atoms with Crippen LogP contribution in [0.3, 0.4) is 0 Å². The molecule has 0 amide bonds. The number of benzene rings is 1. The summed E-state index contributed by atoms with van der Waals surface area (Å²) in [6, 6.07) is 10.1. The van der Waals surface area contributed by atoms with E-state index in [0.29, 0.717) is 6.61 Å². The van der Waals surface area contributed by atoms with Crippen molar-refractivity contribution in [1.29, 1.82) is 0 Å². The van der Waals surface area contributed by atoms with Gasteiger partial charge < -0.3 is 4.74 Å². The molecule has 2 rings (SSSR count). The number of likely N-dealkylation sites (N-methyl/N-ethyl adjacent to an activating group) is 1. The van der Waals surface area contributed by atoms with E-state index in [2.05, 4.69) is 11.2 Å². The molecule has 1 aromatic carbocycles. The van der Waals surface area contributed by atoms with Crippen molar-refractivity contribution >= 4 is 11.6 Å². The Morgan fingerprint density at radius 1 is 1.35 bits per heavy atom. The molecule has 0 fully saturated rings. The van der Waals surface area contributed by atoms with Gasteiger partial charge in [0.15, 0.2) is 0 Å². The Bertz CT molecular complexity index is 554. The molecule has 1 atom stereocenters. The molecule has 108 valence electrons. The SMILES string of the molecule is CN(C)C(Cl)COc1cccc(Cc2ccnn2C)c1. The molecule has 2 aromatic rings. The number of aryl methyl sites for hydroxylation is 1. The first-order valence-corrected chi connectivity index (χ1v) is 6.99. The average molecular weight is 294 g/mol. The van der Waals surface area contributed by atoms with E-state index in [9.17, 15) is 0 Å². The van der Waals surface area contributed by atoms with Crippen LogP contribution in [0.25, 0.3) is 0 Å². The maximum atomic E-state index is 6.13. The van der Waals surface area contributed by atoms with Gasteiger partial charge in [-0.25, -0.2) is 0 Å². The van der Waals surface area contributed by atoms with E-state index in [0.717, 1.165) is 12.2 Å². The van der Waals surface area contributed by atoms with Gasteiger partial charge in [-0.2, -0.15) is 5.10 Å². The number of alkyl halides is 1. The predicted octanol–water partition coefficient (Wildman–Crippen LogP) is 2.52. The van der Waals surface area contributed by atoms with Crippen molar-refractivity contribution in [2.24, 2.45) is 7.05 Å². The fourth-order valence-corrected chi connectivity index (χ4v) is 1.91. The highest BCUT2D eigenvalue weighted by Crippen LogP contribution is 2.17. The number of ether oxygens (including phenoxy) is 1. The van der Waals surface area contributed by atoms with Gasteiger partial charge in [0.2, 0.25) is 0 Å².